The van der Waals surface area contributed by atoms with Crippen molar-refractivity contribution >= 4 is 0 Å². The average Bonchev–Trinajstić information content (AvgIpc) is 2.79. The topological polar surface area (TPSA) is 43.8 Å². The van der Waals surface area contributed by atoms with Gasteiger partial charge < -0.3 is 10.3 Å². The van der Waals surface area contributed by atoms with Gasteiger partial charge in [0.2, 0.25) is 0 Å². The van der Waals surface area contributed by atoms with Crippen LogP contribution in [-0.4, -0.2) is 16.1 Å². The van der Waals surface area contributed by atoms with Gasteiger partial charge >= 0.3 is 0 Å². The Morgan fingerprint density at radius 2 is 1.94 bits per heavy atom. The Bertz CT molecular complexity index is 473. The average molecular weight is 243 g/mol. The van der Waals surface area contributed by atoms with E-state index in [-0.39, 0.29) is 0 Å². The van der Waals surface area contributed by atoms with Crippen molar-refractivity contribution in [3.8, 4) is 0 Å². The third kappa shape index (κ3) is 2.99. The Morgan fingerprint density at radius 3 is 2.56 bits per heavy atom. The lowest BCUT2D eigenvalue weighted by atomic mass is 9.93. The molecule has 0 amide bonds. The molecule has 2 rings (SSSR count). The summed E-state index contributed by atoms with van der Waals surface area (Å²) in [5.74, 6) is 0.872. The van der Waals surface area contributed by atoms with Gasteiger partial charge in [-0.2, -0.15) is 0 Å². The minimum atomic E-state index is 0.349. The van der Waals surface area contributed by atoms with E-state index in [0.29, 0.717) is 18.4 Å². The van der Waals surface area contributed by atoms with Gasteiger partial charge in [-0.05, 0) is 11.5 Å². The van der Waals surface area contributed by atoms with Gasteiger partial charge in [-0.25, -0.2) is 4.98 Å². The summed E-state index contributed by atoms with van der Waals surface area (Å²) in [6.45, 7) is 5.89. The molecule has 0 saturated carbocycles. The van der Waals surface area contributed by atoms with Gasteiger partial charge in [0, 0.05) is 25.2 Å². The first-order chi connectivity index (χ1) is 8.70. The normalized spacial score (nSPS) is 12.9. The molecule has 2 aromatic rings. The zero-order valence-electron chi connectivity index (χ0n) is 11.1. The Balaban J connectivity index is 2.11. The van der Waals surface area contributed by atoms with E-state index in [4.69, 9.17) is 5.73 Å². The highest BCUT2D eigenvalue weighted by Crippen LogP contribution is 2.21. The molecular formula is C15H21N3. The Hall–Kier alpha value is -1.61. The predicted octanol–water partition coefficient (Wildman–Crippen LogP) is 2.63. The second kappa shape index (κ2) is 5.83. The smallest absolute Gasteiger partial charge is 0.0952 e. The van der Waals surface area contributed by atoms with Crippen LogP contribution in [0.4, 0.5) is 0 Å². The van der Waals surface area contributed by atoms with Gasteiger partial charge in [0.15, 0.2) is 0 Å². The zero-order valence-corrected chi connectivity index (χ0v) is 11.1. The maximum Gasteiger partial charge on any atom is 0.0952 e. The van der Waals surface area contributed by atoms with Gasteiger partial charge in [0.1, 0.15) is 0 Å². The quantitative estimate of drug-likeness (QED) is 0.877. The van der Waals surface area contributed by atoms with E-state index < -0.39 is 0 Å². The number of rotatable bonds is 5. The maximum absolute atomic E-state index is 5.82. The van der Waals surface area contributed by atoms with Crippen LogP contribution in [0.3, 0.4) is 0 Å². The highest BCUT2D eigenvalue weighted by atomic mass is 15.0. The number of hydrogen-bond donors (Lipinski definition) is 1. The van der Waals surface area contributed by atoms with Crippen LogP contribution in [-0.2, 0) is 6.54 Å². The van der Waals surface area contributed by atoms with Gasteiger partial charge in [0.25, 0.3) is 0 Å². The standard InChI is InChI=1S/C15H21N3/c1-12(2)14(8-16)15-10-18(11-17-15)9-13-6-4-3-5-7-13/h3-7,10-12,14H,8-9,16H2,1-2H3. The van der Waals surface area contributed by atoms with Crippen molar-refractivity contribution in [1.29, 1.82) is 0 Å². The SMILES string of the molecule is CC(C)C(CN)c1cn(Cc2ccccc2)cn1. The predicted molar refractivity (Wildman–Crippen MR) is 74.4 cm³/mol. The van der Waals surface area contributed by atoms with E-state index in [2.05, 4.69) is 53.9 Å². The first-order valence-electron chi connectivity index (χ1n) is 6.46. The first kappa shape index (κ1) is 12.8. The fourth-order valence-corrected chi connectivity index (χ4v) is 2.18. The molecule has 1 aromatic carbocycles. The third-order valence-electron chi connectivity index (χ3n) is 3.30. The van der Waals surface area contributed by atoms with Crippen molar-refractivity contribution in [1.82, 2.24) is 9.55 Å². The highest BCUT2D eigenvalue weighted by molar-refractivity contribution is 5.16. The lowest BCUT2D eigenvalue weighted by molar-refractivity contribution is 0.497. The van der Waals surface area contributed by atoms with Crippen LogP contribution >= 0.6 is 0 Å². The molecule has 0 aliphatic rings. The molecule has 2 N–H and O–H groups in total. The number of hydrogen-bond acceptors (Lipinski definition) is 2. The van der Waals surface area contributed by atoms with Crippen LogP contribution in [0.5, 0.6) is 0 Å². The molecule has 0 radical (unpaired) electrons. The molecule has 18 heavy (non-hydrogen) atoms. The minimum Gasteiger partial charge on any atom is -0.333 e. The second-order valence-electron chi connectivity index (χ2n) is 5.04. The lowest BCUT2D eigenvalue weighted by Crippen LogP contribution is -2.18. The number of imidazole rings is 1. The summed E-state index contributed by atoms with van der Waals surface area (Å²) in [6.07, 6.45) is 4.01. The van der Waals surface area contributed by atoms with Crippen LogP contribution in [0, 0.1) is 5.92 Å². The van der Waals surface area contributed by atoms with Crippen molar-refractivity contribution < 1.29 is 0 Å². The Kier molecular flexibility index (Phi) is 4.15. The number of benzene rings is 1. The summed E-state index contributed by atoms with van der Waals surface area (Å²) >= 11 is 0. The molecule has 0 aliphatic carbocycles. The number of nitrogens with zero attached hydrogens (tertiary/aromatic N) is 2. The molecule has 1 atom stereocenters. The Labute approximate surface area is 109 Å². The van der Waals surface area contributed by atoms with Gasteiger partial charge in [-0.3, -0.25) is 0 Å². The summed E-state index contributed by atoms with van der Waals surface area (Å²) in [4.78, 5) is 4.49. The summed E-state index contributed by atoms with van der Waals surface area (Å²) in [5, 5.41) is 0. The first-order valence-corrected chi connectivity index (χ1v) is 6.46. The van der Waals surface area contributed by atoms with E-state index in [1.54, 1.807) is 0 Å². The van der Waals surface area contributed by atoms with E-state index in [0.717, 1.165) is 12.2 Å². The van der Waals surface area contributed by atoms with E-state index >= 15 is 0 Å². The second-order valence-corrected chi connectivity index (χ2v) is 5.04. The molecule has 1 unspecified atom stereocenters. The van der Waals surface area contributed by atoms with Crippen molar-refractivity contribution in [3.05, 3.63) is 54.1 Å². The van der Waals surface area contributed by atoms with Crippen LogP contribution in [0.15, 0.2) is 42.9 Å². The zero-order chi connectivity index (χ0) is 13.0. The van der Waals surface area contributed by atoms with Crippen LogP contribution in [0.25, 0.3) is 0 Å². The fourth-order valence-electron chi connectivity index (χ4n) is 2.18. The van der Waals surface area contributed by atoms with Crippen molar-refractivity contribution in [2.24, 2.45) is 11.7 Å². The number of nitrogens with two attached hydrogens (primary N) is 1. The molecule has 3 heteroatoms. The van der Waals surface area contributed by atoms with E-state index in [9.17, 15) is 0 Å². The van der Waals surface area contributed by atoms with Gasteiger partial charge in [-0.15, -0.1) is 0 Å². The van der Waals surface area contributed by atoms with Crippen molar-refractivity contribution in [2.75, 3.05) is 6.54 Å². The molecule has 1 heterocycles. The molecule has 0 bridgehead atoms. The molecule has 0 spiro atoms. The molecule has 0 aliphatic heterocycles. The van der Waals surface area contributed by atoms with E-state index in [1.807, 2.05) is 12.4 Å². The lowest BCUT2D eigenvalue weighted by Gasteiger charge is -2.15. The molecule has 0 fully saturated rings. The van der Waals surface area contributed by atoms with Crippen molar-refractivity contribution in [2.45, 2.75) is 26.3 Å². The minimum absolute atomic E-state index is 0.349. The summed E-state index contributed by atoms with van der Waals surface area (Å²) in [6, 6.07) is 10.4. The van der Waals surface area contributed by atoms with Crippen LogP contribution < -0.4 is 5.73 Å². The summed E-state index contributed by atoms with van der Waals surface area (Å²) in [5.41, 5.74) is 8.21. The van der Waals surface area contributed by atoms with Crippen LogP contribution in [0.1, 0.15) is 31.0 Å². The number of aromatic nitrogens is 2. The Morgan fingerprint density at radius 1 is 1.22 bits per heavy atom. The largest absolute Gasteiger partial charge is 0.333 e. The maximum atomic E-state index is 5.82. The fraction of sp³-hybridized carbons (Fsp3) is 0.400. The summed E-state index contributed by atoms with van der Waals surface area (Å²) < 4.78 is 2.12. The third-order valence-corrected chi connectivity index (χ3v) is 3.30. The summed E-state index contributed by atoms with van der Waals surface area (Å²) in [7, 11) is 0. The molecule has 3 nitrogen and oxygen atoms in total. The molecular weight excluding hydrogens is 222 g/mol. The van der Waals surface area contributed by atoms with Gasteiger partial charge in [-0.1, -0.05) is 44.2 Å². The van der Waals surface area contributed by atoms with E-state index in [1.165, 1.54) is 5.56 Å². The van der Waals surface area contributed by atoms with Crippen molar-refractivity contribution in [3.63, 3.8) is 0 Å². The van der Waals surface area contributed by atoms with Crippen LogP contribution in [0.2, 0.25) is 0 Å². The highest BCUT2D eigenvalue weighted by Gasteiger charge is 2.16. The van der Waals surface area contributed by atoms with Gasteiger partial charge in [0.05, 0.1) is 12.0 Å². The molecule has 96 valence electrons. The monoisotopic (exact) mass is 243 g/mol. The molecule has 0 saturated heterocycles. The molecule has 1 aromatic heterocycles.